The minimum atomic E-state index is 0.157. The Balaban J connectivity index is 3.32. The highest BCUT2D eigenvalue weighted by Gasteiger charge is 2.06. The third-order valence-corrected chi connectivity index (χ3v) is 2.51. The van der Waals surface area contributed by atoms with Gasteiger partial charge >= 0.3 is 0 Å². The molecule has 17 heavy (non-hydrogen) atoms. The van der Waals surface area contributed by atoms with Gasteiger partial charge in [-0.05, 0) is 26.7 Å². The number of rotatable bonds is 12. The van der Waals surface area contributed by atoms with Gasteiger partial charge in [0.1, 0.15) is 0 Å². The molecular weight excluding hydrogens is 216 g/mol. The van der Waals surface area contributed by atoms with Crippen molar-refractivity contribution in [3.63, 3.8) is 0 Å². The minimum absolute atomic E-state index is 0.157. The van der Waals surface area contributed by atoms with Crippen molar-refractivity contribution in [3.8, 4) is 0 Å². The topological polar surface area (TPSA) is 27.7 Å². The van der Waals surface area contributed by atoms with Gasteiger partial charge in [0.2, 0.25) is 0 Å². The van der Waals surface area contributed by atoms with Crippen molar-refractivity contribution in [1.82, 2.24) is 0 Å². The van der Waals surface area contributed by atoms with E-state index < -0.39 is 0 Å². The first-order valence-electron chi connectivity index (χ1n) is 7.01. The average molecular weight is 246 g/mol. The van der Waals surface area contributed by atoms with Gasteiger partial charge in [0.25, 0.3) is 0 Å². The van der Waals surface area contributed by atoms with E-state index in [1.54, 1.807) is 0 Å². The lowest BCUT2D eigenvalue weighted by Gasteiger charge is -2.17. The molecule has 0 bridgehead atoms. The van der Waals surface area contributed by atoms with Crippen LogP contribution in [0.2, 0.25) is 0 Å². The molecule has 3 heteroatoms. The van der Waals surface area contributed by atoms with E-state index in [0.29, 0.717) is 13.2 Å². The third kappa shape index (κ3) is 12.1. The van der Waals surface area contributed by atoms with Crippen LogP contribution in [-0.2, 0) is 14.2 Å². The molecule has 3 nitrogen and oxygen atoms in total. The maximum atomic E-state index is 5.66. The second kappa shape index (κ2) is 12.3. The predicted molar refractivity (Wildman–Crippen MR) is 71.5 cm³/mol. The van der Waals surface area contributed by atoms with Crippen molar-refractivity contribution in [1.29, 1.82) is 0 Å². The molecular formula is C14H30O3. The van der Waals surface area contributed by atoms with Gasteiger partial charge in [-0.2, -0.15) is 0 Å². The molecule has 0 heterocycles. The van der Waals surface area contributed by atoms with E-state index in [1.807, 2.05) is 6.92 Å². The summed E-state index contributed by atoms with van der Waals surface area (Å²) < 4.78 is 16.8. The Kier molecular flexibility index (Phi) is 12.3. The molecule has 0 saturated carbocycles. The second-order valence-electron chi connectivity index (χ2n) is 4.61. The lowest BCUT2D eigenvalue weighted by atomic mass is 10.3. The zero-order valence-electron chi connectivity index (χ0n) is 12.0. The highest BCUT2D eigenvalue weighted by atomic mass is 16.6. The zero-order valence-corrected chi connectivity index (χ0v) is 12.0. The molecule has 0 aromatic heterocycles. The van der Waals surface area contributed by atoms with Crippen LogP contribution in [0.5, 0.6) is 0 Å². The Morgan fingerprint density at radius 2 is 1.35 bits per heavy atom. The fourth-order valence-electron chi connectivity index (χ4n) is 1.32. The van der Waals surface area contributed by atoms with Gasteiger partial charge in [-0.15, -0.1) is 0 Å². The SMILES string of the molecule is CCCCOCC(C)OCC(C)OCCCC. The monoisotopic (exact) mass is 246 g/mol. The molecule has 0 aliphatic carbocycles. The molecule has 0 aromatic carbocycles. The van der Waals surface area contributed by atoms with Gasteiger partial charge in [-0.25, -0.2) is 0 Å². The maximum absolute atomic E-state index is 5.66. The lowest BCUT2D eigenvalue weighted by molar-refractivity contribution is -0.0574. The van der Waals surface area contributed by atoms with Crippen molar-refractivity contribution in [2.45, 2.75) is 65.6 Å². The summed E-state index contributed by atoms with van der Waals surface area (Å²) in [5.74, 6) is 0. The van der Waals surface area contributed by atoms with Crippen molar-refractivity contribution in [2.75, 3.05) is 26.4 Å². The number of hydrogen-bond donors (Lipinski definition) is 0. The summed E-state index contributed by atoms with van der Waals surface area (Å²) in [5.41, 5.74) is 0. The molecule has 0 N–H and O–H groups in total. The summed E-state index contributed by atoms with van der Waals surface area (Å²) in [4.78, 5) is 0. The summed E-state index contributed by atoms with van der Waals surface area (Å²) in [7, 11) is 0. The maximum Gasteiger partial charge on any atom is 0.0781 e. The molecule has 0 saturated heterocycles. The van der Waals surface area contributed by atoms with Crippen LogP contribution in [0.3, 0.4) is 0 Å². The average Bonchev–Trinajstić information content (AvgIpc) is 2.32. The Morgan fingerprint density at radius 1 is 0.765 bits per heavy atom. The molecule has 0 aliphatic heterocycles. The molecule has 0 fully saturated rings. The van der Waals surface area contributed by atoms with Crippen molar-refractivity contribution in [2.24, 2.45) is 0 Å². The van der Waals surface area contributed by atoms with Gasteiger partial charge in [-0.3, -0.25) is 0 Å². The molecule has 0 amide bonds. The van der Waals surface area contributed by atoms with Crippen LogP contribution in [-0.4, -0.2) is 38.6 Å². The van der Waals surface area contributed by atoms with E-state index in [1.165, 1.54) is 12.8 Å². The zero-order chi connectivity index (χ0) is 12.9. The normalized spacial score (nSPS) is 14.8. The van der Waals surface area contributed by atoms with E-state index in [2.05, 4.69) is 20.8 Å². The second-order valence-corrected chi connectivity index (χ2v) is 4.61. The predicted octanol–water partition coefficient (Wildman–Crippen LogP) is 3.41. The van der Waals surface area contributed by atoms with Crippen molar-refractivity contribution < 1.29 is 14.2 Å². The number of unbranched alkanes of at least 4 members (excludes halogenated alkanes) is 2. The quantitative estimate of drug-likeness (QED) is 0.494. The van der Waals surface area contributed by atoms with Crippen LogP contribution < -0.4 is 0 Å². The van der Waals surface area contributed by atoms with Crippen LogP contribution in [0.1, 0.15) is 53.4 Å². The van der Waals surface area contributed by atoms with E-state index >= 15 is 0 Å². The minimum Gasteiger partial charge on any atom is -0.379 e. The Hall–Kier alpha value is -0.120. The molecule has 2 atom stereocenters. The number of hydrogen-bond acceptors (Lipinski definition) is 3. The van der Waals surface area contributed by atoms with E-state index in [4.69, 9.17) is 14.2 Å². The lowest BCUT2D eigenvalue weighted by Crippen LogP contribution is -2.23. The highest BCUT2D eigenvalue weighted by molar-refractivity contribution is 4.52. The molecule has 0 spiro atoms. The summed E-state index contributed by atoms with van der Waals surface area (Å²) in [6.45, 7) is 11.4. The smallest absolute Gasteiger partial charge is 0.0781 e. The standard InChI is InChI=1S/C14H30O3/c1-5-7-9-15-11-13(3)17-12-14(4)16-10-8-6-2/h13-14H,5-12H2,1-4H3. The van der Waals surface area contributed by atoms with E-state index in [9.17, 15) is 0 Å². The summed E-state index contributed by atoms with van der Waals surface area (Å²) in [5, 5.41) is 0. The first-order valence-corrected chi connectivity index (χ1v) is 7.01. The van der Waals surface area contributed by atoms with Crippen LogP contribution in [0.4, 0.5) is 0 Å². The fraction of sp³-hybridized carbons (Fsp3) is 1.00. The Morgan fingerprint density at radius 3 is 2.00 bits per heavy atom. The van der Waals surface area contributed by atoms with Crippen LogP contribution in [0, 0.1) is 0 Å². The van der Waals surface area contributed by atoms with E-state index in [0.717, 1.165) is 26.1 Å². The summed E-state index contributed by atoms with van der Waals surface area (Å²) in [6.07, 6.45) is 4.94. The summed E-state index contributed by atoms with van der Waals surface area (Å²) >= 11 is 0. The van der Waals surface area contributed by atoms with Crippen LogP contribution in [0.15, 0.2) is 0 Å². The third-order valence-electron chi connectivity index (χ3n) is 2.51. The largest absolute Gasteiger partial charge is 0.379 e. The highest BCUT2D eigenvalue weighted by Crippen LogP contribution is 2.00. The first kappa shape index (κ1) is 16.9. The van der Waals surface area contributed by atoms with Crippen molar-refractivity contribution in [3.05, 3.63) is 0 Å². The summed E-state index contributed by atoms with van der Waals surface area (Å²) in [6, 6.07) is 0. The van der Waals surface area contributed by atoms with Crippen LogP contribution >= 0.6 is 0 Å². The molecule has 2 unspecified atom stereocenters. The molecule has 0 rings (SSSR count). The molecule has 104 valence electrons. The molecule has 0 aliphatic rings. The van der Waals surface area contributed by atoms with Crippen LogP contribution in [0.25, 0.3) is 0 Å². The van der Waals surface area contributed by atoms with Crippen molar-refractivity contribution >= 4 is 0 Å². The van der Waals surface area contributed by atoms with E-state index in [-0.39, 0.29) is 12.2 Å². The molecule has 0 radical (unpaired) electrons. The fourth-order valence-corrected chi connectivity index (χ4v) is 1.32. The van der Waals surface area contributed by atoms with Gasteiger partial charge in [-0.1, -0.05) is 26.7 Å². The molecule has 0 aromatic rings. The Bertz CT molecular complexity index is 150. The van der Waals surface area contributed by atoms with Gasteiger partial charge in [0.05, 0.1) is 25.4 Å². The van der Waals surface area contributed by atoms with Gasteiger partial charge in [0.15, 0.2) is 0 Å². The van der Waals surface area contributed by atoms with Gasteiger partial charge in [0, 0.05) is 13.2 Å². The van der Waals surface area contributed by atoms with Gasteiger partial charge < -0.3 is 14.2 Å². The number of ether oxygens (including phenoxy) is 3. The Labute approximate surface area is 107 Å². The first-order chi connectivity index (χ1) is 8.20.